The minimum absolute atomic E-state index is 0.101. The molecular formula is C23H22FN5O2S. The number of halogens is 1. The Kier molecular flexibility index (Phi) is 6.09. The van der Waals surface area contributed by atoms with Gasteiger partial charge in [0.1, 0.15) is 5.82 Å². The van der Waals surface area contributed by atoms with E-state index in [4.69, 9.17) is 0 Å². The smallest absolute Gasteiger partial charge is 0.300 e. The Balaban J connectivity index is 1.60. The molecule has 2 aromatic heterocycles. The molecule has 164 valence electrons. The molecule has 0 radical (unpaired) electrons. The number of carbonyl (C=O) groups excluding carboxylic acids is 1. The van der Waals surface area contributed by atoms with Crippen LogP contribution >= 0.6 is 11.8 Å². The number of carbonyl (C=O) groups is 1. The molecule has 1 atom stereocenters. The van der Waals surface area contributed by atoms with Gasteiger partial charge in [0.05, 0.1) is 10.9 Å². The minimum atomic E-state index is -0.437. The standard InChI is InChI=1S/C23H22FN5O2S/c1-4-19(21(30)25-18-12-14(2)8-9-15(18)3)32-23-27-26-20-22(31)28(10-11-29(20)23)17-7-5-6-16(24)13-17/h5-13,19H,4H2,1-3H3,(H,25,30)/t19-/m0/s1. The second-order valence-electron chi connectivity index (χ2n) is 7.45. The van der Waals surface area contributed by atoms with Gasteiger partial charge in [0.2, 0.25) is 11.6 Å². The van der Waals surface area contributed by atoms with Gasteiger partial charge in [0.25, 0.3) is 0 Å². The van der Waals surface area contributed by atoms with E-state index in [-0.39, 0.29) is 11.6 Å². The first kappa shape index (κ1) is 21.8. The molecule has 0 aliphatic heterocycles. The van der Waals surface area contributed by atoms with Crippen molar-refractivity contribution in [2.75, 3.05) is 5.32 Å². The molecule has 7 nitrogen and oxygen atoms in total. The maximum atomic E-state index is 13.6. The highest BCUT2D eigenvalue weighted by Crippen LogP contribution is 2.26. The second kappa shape index (κ2) is 8.96. The minimum Gasteiger partial charge on any atom is -0.325 e. The Morgan fingerprint density at radius 2 is 1.97 bits per heavy atom. The van der Waals surface area contributed by atoms with Crippen molar-refractivity contribution in [3.8, 4) is 5.69 Å². The summed E-state index contributed by atoms with van der Waals surface area (Å²) in [4.78, 5) is 25.8. The summed E-state index contributed by atoms with van der Waals surface area (Å²) in [7, 11) is 0. The lowest BCUT2D eigenvalue weighted by Gasteiger charge is -2.15. The number of hydrogen-bond donors (Lipinski definition) is 1. The van der Waals surface area contributed by atoms with Gasteiger partial charge in [0, 0.05) is 18.1 Å². The first-order valence-electron chi connectivity index (χ1n) is 10.1. The van der Waals surface area contributed by atoms with Crippen molar-refractivity contribution in [1.29, 1.82) is 0 Å². The lowest BCUT2D eigenvalue weighted by atomic mass is 10.1. The molecule has 1 N–H and O–H groups in total. The fraction of sp³-hybridized carbons (Fsp3) is 0.217. The Morgan fingerprint density at radius 3 is 2.72 bits per heavy atom. The van der Waals surface area contributed by atoms with E-state index in [1.54, 1.807) is 16.7 Å². The van der Waals surface area contributed by atoms with Crippen molar-refractivity contribution in [2.45, 2.75) is 37.6 Å². The average molecular weight is 452 g/mol. The molecule has 4 aromatic rings. The first-order valence-corrected chi connectivity index (χ1v) is 11.0. The molecular weight excluding hydrogens is 429 g/mol. The van der Waals surface area contributed by atoms with Crippen molar-refractivity contribution in [3.63, 3.8) is 0 Å². The molecule has 0 unspecified atom stereocenters. The Morgan fingerprint density at radius 1 is 1.16 bits per heavy atom. The van der Waals surface area contributed by atoms with E-state index in [2.05, 4.69) is 15.5 Å². The van der Waals surface area contributed by atoms with E-state index >= 15 is 0 Å². The van der Waals surface area contributed by atoms with Crippen molar-refractivity contribution in [1.82, 2.24) is 19.2 Å². The Hall–Kier alpha value is -3.46. The zero-order valence-electron chi connectivity index (χ0n) is 17.9. The summed E-state index contributed by atoms with van der Waals surface area (Å²) in [5, 5.41) is 11.1. The van der Waals surface area contributed by atoms with Crippen LogP contribution in [-0.2, 0) is 4.79 Å². The van der Waals surface area contributed by atoms with E-state index < -0.39 is 16.6 Å². The molecule has 0 saturated carbocycles. The Bertz CT molecular complexity index is 1360. The lowest BCUT2D eigenvalue weighted by molar-refractivity contribution is -0.115. The monoisotopic (exact) mass is 451 g/mol. The fourth-order valence-electron chi connectivity index (χ4n) is 3.31. The Labute approximate surface area is 188 Å². The molecule has 2 aromatic carbocycles. The molecule has 2 heterocycles. The largest absolute Gasteiger partial charge is 0.325 e. The van der Waals surface area contributed by atoms with E-state index in [1.165, 1.54) is 40.7 Å². The maximum absolute atomic E-state index is 13.6. The van der Waals surface area contributed by atoms with Gasteiger partial charge in [-0.1, -0.05) is 36.9 Å². The predicted molar refractivity (Wildman–Crippen MR) is 123 cm³/mol. The van der Waals surface area contributed by atoms with Crippen molar-refractivity contribution < 1.29 is 9.18 Å². The molecule has 0 aliphatic carbocycles. The number of nitrogens with one attached hydrogen (secondary N) is 1. The highest BCUT2D eigenvalue weighted by atomic mass is 32.2. The van der Waals surface area contributed by atoms with E-state index in [0.717, 1.165) is 16.8 Å². The summed E-state index contributed by atoms with van der Waals surface area (Å²) in [6, 6.07) is 11.7. The number of rotatable bonds is 6. The SMILES string of the molecule is CC[C@H](Sc1nnc2c(=O)n(-c3cccc(F)c3)ccn12)C(=O)Nc1cc(C)ccc1C. The highest BCUT2D eigenvalue weighted by molar-refractivity contribution is 8.00. The van der Waals surface area contributed by atoms with E-state index in [0.29, 0.717) is 17.3 Å². The van der Waals surface area contributed by atoms with Crippen molar-refractivity contribution in [3.05, 3.63) is 82.2 Å². The van der Waals surface area contributed by atoms with Gasteiger partial charge in [0.15, 0.2) is 5.16 Å². The summed E-state index contributed by atoms with van der Waals surface area (Å²) >= 11 is 1.24. The third kappa shape index (κ3) is 4.29. The lowest BCUT2D eigenvalue weighted by Crippen LogP contribution is -2.25. The van der Waals surface area contributed by atoms with Crippen molar-refractivity contribution in [2.24, 2.45) is 0 Å². The first-order chi connectivity index (χ1) is 15.4. The van der Waals surface area contributed by atoms with Gasteiger partial charge in [-0.15, -0.1) is 10.2 Å². The normalized spacial score (nSPS) is 12.1. The molecule has 0 fully saturated rings. The zero-order valence-corrected chi connectivity index (χ0v) is 18.7. The van der Waals surface area contributed by atoms with Crippen LogP contribution in [0.1, 0.15) is 24.5 Å². The number of amides is 1. The summed E-state index contributed by atoms with van der Waals surface area (Å²) < 4.78 is 16.4. The molecule has 0 aliphatic rings. The van der Waals surface area contributed by atoms with Gasteiger partial charge < -0.3 is 5.32 Å². The van der Waals surface area contributed by atoms with Crippen LogP contribution in [0.4, 0.5) is 10.1 Å². The molecule has 32 heavy (non-hydrogen) atoms. The third-order valence-corrected chi connectivity index (χ3v) is 6.41. The topological polar surface area (TPSA) is 81.3 Å². The quantitative estimate of drug-likeness (QED) is 0.446. The molecule has 4 rings (SSSR count). The zero-order chi connectivity index (χ0) is 22.8. The van der Waals surface area contributed by atoms with Crippen LogP contribution in [0.3, 0.4) is 0 Å². The van der Waals surface area contributed by atoms with Crippen LogP contribution in [0.5, 0.6) is 0 Å². The fourth-order valence-corrected chi connectivity index (χ4v) is 4.24. The van der Waals surface area contributed by atoms with E-state index in [9.17, 15) is 14.0 Å². The number of nitrogens with zero attached hydrogens (tertiary/aromatic N) is 4. The van der Waals surface area contributed by atoms with Gasteiger partial charge in [-0.05, 0) is 55.7 Å². The maximum Gasteiger partial charge on any atom is 0.300 e. The molecule has 0 saturated heterocycles. The summed E-state index contributed by atoms with van der Waals surface area (Å²) in [5.41, 5.74) is 2.89. The van der Waals surface area contributed by atoms with Gasteiger partial charge in [-0.2, -0.15) is 0 Å². The van der Waals surface area contributed by atoms with Crippen LogP contribution in [0.25, 0.3) is 11.3 Å². The molecule has 9 heteroatoms. The van der Waals surface area contributed by atoms with Crippen LogP contribution in [-0.4, -0.2) is 30.3 Å². The van der Waals surface area contributed by atoms with Gasteiger partial charge in [-0.3, -0.25) is 18.6 Å². The van der Waals surface area contributed by atoms with Crippen molar-refractivity contribution >= 4 is 29.0 Å². The molecule has 0 bridgehead atoms. The summed E-state index contributed by atoms with van der Waals surface area (Å²) in [5.74, 6) is -0.580. The van der Waals surface area contributed by atoms with Crippen LogP contribution < -0.4 is 10.9 Å². The number of aryl methyl sites for hydroxylation is 2. The average Bonchev–Trinajstić information content (AvgIpc) is 3.18. The predicted octanol–water partition coefficient (Wildman–Crippen LogP) is 4.15. The number of benzene rings is 2. The molecule has 0 spiro atoms. The third-order valence-electron chi connectivity index (χ3n) is 5.09. The number of thioether (sulfide) groups is 1. The van der Waals surface area contributed by atoms with Gasteiger partial charge in [-0.25, -0.2) is 4.39 Å². The second-order valence-corrected chi connectivity index (χ2v) is 8.62. The van der Waals surface area contributed by atoms with Crippen LogP contribution in [0, 0.1) is 19.7 Å². The number of fused-ring (bicyclic) bond motifs is 1. The number of aromatic nitrogens is 4. The highest BCUT2D eigenvalue weighted by Gasteiger charge is 2.22. The van der Waals surface area contributed by atoms with Crippen LogP contribution in [0.15, 0.2) is 64.8 Å². The van der Waals surface area contributed by atoms with Crippen LogP contribution in [0.2, 0.25) is 0 Å². The van der Waals surface area contributed by atoms with Gasteiger partial charge >= 0.3 is 5.56 Å². The number of anilines is 1. The molecule has 1 amide bonds. The number of hydrogen-bond acceptors (Lipinski definition) is 5. The summed E-state index contributed by atoms with van der Waals surface area (Å²) in [6.07, 6.45) is 3.74. The van der Waals surface area contributed by atoms with E-state index in [1.807, 2.05) is 39.0 Å². The summed E-state index contributed by atoms with van der Waals surface area (Å²) in [6.45, 7) is 5.83.